The third kappa shape index (κ3) is 4.57. The van der Waals surface area contributed by atoms with Gasteiger partial charge in [0.1, 0.15) is 5.78 Å². The van der Waals surface area contributed by atoms with Gasteiger partial charge in [0.15, 0.2) is 0 Å². The molecule has 0 aromatic rings. The van der Waals surface area contributed by atoms with E-state index in [1.807, 2.05) is 20.8 Å². The van der Waals surface area contributed by atoms with Crippen LogP contribution in [0, 0.1) is 5.92 Å². The van der Waals surface area contributed by atoms with Crippen molar-refractivity contribution in [3.05, 3.63) is 0 Å². The van der Waals surface area contributed by atoms with E-state index in [1.54, 1.807) is 0 Å². The van der Waals surface area contributed by atoms with Crippen LogP contribution in [0.5, 0.6) is 0 Å². The normalized spacial score (nSPS) is 8.50. The first-order valence-corrected chi connectivity index (χ1v) is 2.71. The number of carbonyl (C=O) groups excluding carboxylic acids is 1. The molecule has 1 radical (unpaired) electrons. The van der Waals surface area contributed by atoms with E-state index in [4.69, 9.17) is 0 Å². The Labute approximate surface area is 66.4 Å². The van der Waals surface area contributed by atoms with E-state index < -0.39 is 0 Å². The average Bonchev–Trinajstić information content (AvgIpc) is 1.65. The van der Waals surface area contributed by atoms with Crippen molar-refractivity contribution in [3.8, 4) is 0 Å². The molecule has 0 aromatic carbocycles. The quantitative estimate of drug-likeness (QED) is 0.708. The van der Waals surface area contributed by atoms with Crippen molar-refractivity contribution >= 4 is 5.78 Å². The van der Waals surface area contributed by atoms with Gasteiger partial charge >= 0.3 is 0 Å². The van der Waals surface area contributed by atoms with Gasteiger partial charge in [0.25, 0.3) is 0 Å². The van der Waals surface area contributed by atoms with Crippen LogP contribution in [0.3, 0.4) is 0 Å². The fraction of sp³-hybridized carbons (Fsp3) is 0.833. The van der Waals surface area contributed by atoms with Gasteiger partial charge in [0, 0.05) is 34.7 Å². The first-order valence-electron chi connectivity index (χ1n) is 2.71. The minimum atomic E-state index is 0. The van der Waals surface area contributed by atoms with Gasteiger partial charge in [0.05, 0.1) is 0 Å². The van der Waals surface area contributed by atoms with Crippen LogP contribution in [-0.2, 0) is 27.2 Å². The molecule has 0 fully saturated rings. The number of rotatable bonds is 2. The van der Waals surface area contributed by atoms with Crippen LogP contribution in [0.15, 0.2) is 0 Å². The fourth-order valence-corrected chi connectivity index (χ4v) is 0.408. The van der Waals surface area contributed by atoms with Gasteiger partial charge in [0.2, 0.25) is 0 Å². The Morgan fingerprint density at radius 3 is 1.88 bits per heavy atom. The Kier molecular flexibility index (Phi) is 7.79. The largest absolute Gasteiger partial charge is 0.299 e. The van der Waals surface area contributed by atoms with Crippen LogP contribution in [0.1, 0.15) is 27.2 Å². The Morgan fingerprint density at radius 2 is 1.88 bits per heavy atom. The van der Waals surface area contributed by atoms with Crippen molar-refractivity contribution in [1.29, 1.82) is 0 Å². The minimum absolute atomic E-state index is 0. The molecule has 1 nitrogen and oxygen atoms in total. The summed E-state index contributed by atoms with van der Waals surface area (Å²) in [6.07, 6.45) is 0.678. The molecule has 2 heteroatoms. The predicted molar refractivity (Wildman–Crippen MR) is 30.1 cm³/mol. The van der Waals surface area contributed by atoms with Gasteiger partial charge < -0.3 is 0 Å². The van der Waals surface area contributed by atoms with Crippen molar-refractivity contribution < 1.29 is 27.2 Å². The molecular weight excluding hydrogens is 285 g/mol. The Morgan fingerprint density at radius 1 is 1.50 bits per heavy atom. The van der Waals surface area contributed by atoms with Crippen LogP contribution in [0.2, 0.25) is 0 Å². The first kappa shape index (κ1) is 11.2. The van der Waals surface area contributed by atoms with Gasteiger partial charge in [-0.15, -0.1) is 0 Å². The maximum absolute atomic E-state index is 10.5. The van der Waals surface area contributed by atoms with Crippen LogP contribution < -0.4 is 0 Å². The third-order valence-electron chi connectivity index (χ3n) is 0.992. The standard InChI is InChI=1S/C6H12O.Au/c1-4-6(7)5(2)3;/h5H,4H2,1-3H3;. The van der Waals surface area contributed by atoms with E-state index in [2.05, 4.69) is 0 Å². The zero-order valence-corrected chi connectivity index (χ0v) is 7.66. The zero-order chi connectivity index (χ0) is 5.86. The van der Waals surface area contributed by atoms with Crippen molar-refractivity contribution in [3.63, 3.8) is 0 Å². The summed E-state index contributed by atoms with van der Waals surface area (Å²) in [6, 6.07) is 0. The molecule has 0 aliphatic carbocycles. The van der Waals surface area contributed by atoms with E-state index in [1.165, 1.54) is 0 Å². The van der Waals surface area contributed by atoms with Crippen molar-refractivity contribution in [2.75, 3.05) is 0 Å². The van der Waals surface area contributed by atoms with Crippen LogP contribution in [0.4, 0.5) is 0 Å². The second-order valence-corrected chi connectivity index (χ2v) is 1.97. The molecule has 0 amide bonds. The number of hydrogen-bond acceptors (Lipinski definition) is 1. The number of carbonyl (C=O) groups is 1. The van der Waals surface area contributed by atoms with Crippen molar-refractivity contribution in [2.45, 2.75) is 27.2 Å². The number of hydrogen-bond donors (Lipinski definition) is 0. The molecule has 0 atom stereocenters. The van der Waals surface area contributed by atoms with Crippen LogP contribution >= 0.6 is 0 Å². The topological polar surface area (TPSA) is 17.1 Å². The Bertz CT molecular complexity index is 68.9. The molecular formula is C6H12AuO. The van der Waals surface area contributed by atoms with E-state index >= 15 is 0 Å². The number of ketones is 1. The smallest absolute Gasteiger partial charge is 0.135 e. The molecule has 0 heterocycles. The van der Waals surface area contributed by atoms with Gasteiger partial charge in [-0.2, -0.15) is 0 Å². The third-order valence-corrected chi connectivity index (χ3v) is 0.992. The maximum atomic E-state index is 10.5. The van der Waals surface area contributed by atoms with E-state index in [0.29, 0.717) is 12.2 Å². The molecule has 0 unspecified atom stereocenters. The first-order chi connectivity index (χ1) is 3.18. The summed E-state index contributed by atoms with van der Waals surface area (Å²) >= 11 is 0. The molecule has 0 aliphatic rings. The second-order valence-electron chi connectivity index (χ2n) is 1.97. The summed E-state index contributed by atoms with van der Waals surface area (Å²) in [5, 5.41) is 0. The van der Waals surface area contributed by atoms with E-state index in [-0.39, 0.29) is 28.3 Å². The number of Topliss-reactive ketones (excluding diaryl/α,β-unsaturated/α-hetero) is 1. The molecule has 0 aliphatic heterocycles. The van der Waals surface area contributed by atoms with Gasteiger partial charge in [-0.05, 0) is 0 Å². The summed E-state index contributed by atoms with van der Waals surface area (Å²) < 4.78 is 0. The predicted octanol–water partition coefficient (Wildman–Crippen LogP) is 1.62. The second kappa shape index (κ2) is 5.55. The summed E-state index contributed by atoms with van der Waals surface area (Å²) in [5.41, 5.74) is 0. The van der Waals surface area contributed by atoms with Gasteiger partial charge in [-0.25, -0.2) is 0 Å². The molecule has 0 bridgehead atoms. The summed E-state index contributed by atoms with van der Waals surface area (Å²) in [7, 11) is 0. The molecule has 0 saturated carbocycles. The molecule has 0 aromatic heterocycles. The van der Waals surface area contributed by atoms with Crippen molar-refractivity contribution in [2.24, 2.45) is 5.92 Å². The van der Waals surface area contributed by atoms with Crippen LogP contribution in [0.25, 0.3) is 0 Å². The zero-order valence-electron chi connectivity index (χ0n) is 5.49. The average molecular weight is 297 g/mol. The Hall–Kier alpha value is 0.410. The molecule has 0 rings (SSSR count). The summed E-state index contributed by atoms with van der Waals surface area (Å²) in [5.74, 6) is 0.574. The maximum Gasteiger partial charge on any atom is 0.135 e. The molecule has 8 heavy (non-hydrogen) atoms. The van der Waals surface area contributed by atoms with Crippen LogP contribution in [-0.4, -0.2) is 5.78 Å². The summed E-state index contributed by atoms with van der Waals surface area (Å²) in [4.78, 5) is 10.5. The fourth-order valence-electron chi connectivity index (χ4n) is 0.408. The van der Waals surface area contributed by atoms with Gasteiger partial charge in [-0.3, -0.25) is 4.79 Å². The van der Waals surface area contributed by atoms with Crippen molar-refractivity contribution in [1.82, 2.24) is 0 Å². The van der Waals surface area contributed by atoms with Gasteiger partial charge in [-0.1, -0.05) is 20.8 Å². The SMILES string of the molecule is CCC(=O)C(C)C.[Au]. The molecule has 0 saturated heterocycles. The van der Waals surface area contributed by atoms with E-state index in [9.17, 15) is 4.79 Å². The monoisotopic (exact) mass is 297 g/mol. The van der Waals surface area contributed by atoms with E-state index in [0.717, 1.165) is 0 Å². The molecule has 0 spiro atoms. The molecule has 0 N–H and O–H groups in total. The minimum Gasteiger partial charge on any atom is -0.299 e. The molecule has 53 valence electrons. The summed E-state index contributed by atoms with van der Waals surface area (Å²) in [6.45, 7) is 5.74. The Balaban J connectivity index is 0.